The molecule has 1 amide bonds. The van der Waals surface area contributed by atoms with Crippen LogP contribution >= 0.6 is 23.2 Å². The molecule has 0 bridgehead atoms. The number of ether oxygens (including phenoxy) is 1. The maximum Gasteiger partial charge on any atom is 0.216 e. The molecular weight excluding hydrogens is 303 g/mol. The maximum atomic E-state index is 10.6. The Morgan fingerprint density at radius 1 is 1.40 bits per heavy atom. The summed E-state index contributed by atoms with van der Waals surface area (Å²) in [4.78, 5) is 10.6. The van der Waals surface area contributed by atoms with Gasteiger partial charge in [0.05, 0.1) is 5.02 Å². The molecule has 1 rings (SSSR count). The molecule has 0 aromatic heterocycles. The molecule has 7 heteroatoms. The second kappa shape index (κ2) is 9.02. The van der Waals surface area contributed by atoms with Gasteiger partial charge >= 0.3 is 0 Å². The molecule has 3 N–H and O–H groups in total. The highest BCUT2D eigenvalue weighted by molar-refractivity contribution is 6.34. The van der Waals surface area contributed by atoms with Crippen molar-refractivity contribution in [3.05, 3.63) is 28.2 Å². The van der Waals surface area contributed by atoms with Crippen LogP contribution in [0.2, 0.25) is 10.0 Å². The van der Waals surface area contributed by atoms with E-state index in [0.717, 1.165) is 0 Å². The SMILES string of the molecule is CC(=O)NCCNCC(O)COc1cc(Cl)ccc1Cl. The van der Waals surface area contributed by atoms with Gasteiger partial charge in [-0.15, -0.1) is 0 Å². The molecule has 1 aromatic carbocycles. The van der Waals surface area contributed by atoms with Crippen LogP contribution in [-0.2, 0) is 4.79 Å². The number of halogens is 2. The van der Waals surface area contributed by atoms with Crippen molar-refractivity contribution in [3.63, 3.8) is 0 Å². The molecule has 112 valence electrons. The number of hydrogen-bond acceptors (Lipinski definition) is 4. The Balaban J connectivity index is 2.21. The summed E-state index contributed by atoms with van der Waals surface area (Å²) < 4.78 is 5.40. The van der Waals surface area contributed by atoms with E-state index in [1.54, 1.807) is 18.2 Å². The van der Waals surface area contributed by atoms with Gasteiger partial charge < -0.3 is 20.5 Å². The van der Waals surface area contributed by atoms with E-state index in [1.807, 2.05) is 0 Å². The van der Waals surface area contributed by atoms with Crippen molar-refractivity contribution >= 4 is 29.1 Å². The molecule has 0 radical (unpaired) electrons. The van der Waals surface area contributed by atoms with Crippen LogP contribution in [-0.4, -0.2) is 43.4 Å². The van der Waals surface area contributed by atoms with Crippen LogP contribution in [0.1, 0.15) is 6.92 Å². The number of nitrogens with one attached hydrogen (secondary N) is 2. The van der Waals surface area contributed by atoms with Crippen molar-refractivity contribution in [2.24, 2.45) is 0 Å². The van der Waals surface area contributed by atoms with Gasteiger partial charge in [0.25, 0.3) is 0 Å². The van der Waals surface area contributed by atoms with Crippen LogP contribution in [0.4, 0.5) is 0 Å². The topological polar surface area (TPSA) is 70.6 Å². The van der Waals surface area contributed by atoms with Crippen LogP contribution in [0.15, 0.2) is 18.2 Å². The first-order chi connectivity index (χ1) is 9.49. The zero-order valence-corrected chi connectivity index (χ0v) is 12.7. The Kier molecular flexibility index (Phi) is 7.69. The lowest BCUT2D eigenvalue weighted by molar-refractivity contribution is -0.118. The minimum atomic E-state index is -0.678. The molecule has 0 fully saturated rings. The third-order valence-electron chi connectivity index (χ3n) is 2.38. The number of carbonyl (C=O) groups is 1. The highest BCUT2D eigenvalue weighted by atomic mass is 35.5. The zero-order valence-electron chi connectivity index (χ0n) is 11.2. The van der Waals surface area contributed by atoms with E-state index in [4.69, 9.17) is 27.9 Å². The van der Waals surface area contributed by atoms with Gasteiger partial charge in [0.15, 0.2) is 0 Å². The van der Waals surface area contributed by atoms with Gasteiger partial charge in [-0.2, -0.15) is 0 Å². The summed E-state index contributed by atoms with van der Waals surface area (Å²) in [5, 5.41) is 16.3. The molecule has 0 aliphatic heterocycles. The van der Waals surface area contributed by atoms with E-state index in [2.05, 4.69) is 10.6 Å². The summed E-state index contributed by atoms with van der Waals surface area (Å²) in [6.07, 6.45) is -0.678. The third-order valence-corrected chi connectivity index (χ3v) is 2.93. The van der Waals surface area contributed by atoms with Crippen molar-refractivity contribution in [2.45, 2.75) is 13.0 Å². The lowest BCUT2D eigenvalue weighted by Gasteiger charge is -2.14. The van der Waals surface area contributed by atoms with E-state index in [0.29, 0.717) is 35.4 Å². The second-order valence-electron chi connectivity index (χ2n) is 4.23. The number of amides is 1. The van der Waals surface area contributed by atoms with Gasteiger partial charge in [0.2, 0.25) is 5.91 Å². The Hall–Kier alpha value is -1.01. The second-order valence-corrected chi connectivity index (χ2v) is 5.07. The summed E-state index contributed by atoms with van der Waals surface area (Å²) in [5.74, 6) is 0.364. The number of hydrogen-bond donors (Lipinski definition) is 3. The molecule has 20 heavy (non-hydrogen) atoms. The standard InChI is InChI=1S/C13H18Cl2N2O3/c1-9(18)17-5-4-16-7-11(19)8-20-13-6-10(14)2-3-12(13)15/h2-3,6,11,16,19H,4-5,7-8H2,1H3,(H,17,18). The molecule has 0 saturated heterocycles. The third kappa shape index (κ3) is 6.96. The Morgan fingerprint density at radius 2 is 2.15 bits per heavy atom. The van der Waals surface area contributed by atoms with Crippen LogP contribution in [0.5, 0.6) is 5.75 Å². The number of aliphatic hydroxyl groups excluding tert-OH is 1. The van der Waals surface area contributed by atoms with E-state index in [9.17, 15) is 9.90 Å². The lowest BCUT2D eigenvalue weighted by atomic mass is 10.3. The summed E-state index contributed by atoms with van der Waals surface area (Å²) in [5.41, 5.74) is 0. The minimum Gasteiger partial charge on any atom is -0.489 e. The van der Waals surface area contributed by atoms with Crippen molar-refractivity contribution in [1.82, 2.24) is 10.6 Å². The van der Waals surface area contributed by atoms with Crippen molar-refractivity contribution in [2.75, 3.05) is 26.2 Å². The number of benzene rings is 1. The van der Waals surface area contributed by atoms with E-state index in [1.165, 1.54) is 6.92 Å². The van der Waals surface area contributed by atoms with E-state index >= 15 is 0 Å². The number of carbonyl (C=O) groups excluding carboxylic acids is 1. The monoisotopic (exact) mass is 320 g/mol. The van der Waals surface area contributed by atoms with E-state index < -0.39 is 6.10 Å². The molecule has 1 aromatic rings. The predicted molar refractivity (Wildman–Crippen MR) is 79.5 cm³/mol. The van der Waals surface area contributed by atoms with Crippen LogP contribution in [0, 0.1) is 0 Å². The fourth-order valence-electron chi connectivity index (χ4n) is 1.43. The molecular formula is C13H18Cl2N2O3. The van der Waals surface area contributed by atoms with Gasteiger partial charge in [-0.05, 0) is 12.1 Å². The van der Waals surface area contributed by atoms with Crippen molar-refractivity contribution < 1.29 is 14.6 Å². The Bertz CT molecular complexity index is 444. The molecule has 0 spiro atoms. The first-order valence-corrected chi connectivity index (χ1v) is 6.95. The van der Waals surface area contributed by atoms with Crippen LogP contribution < -0.4 is 15.4 Å². The fourth-order valence-corrected chi connectivity index (χ4v) is 1.76. The average molecular weight is 321 g/mol. The summed E-state index contributed by atoms with van der Waals surface area (Å²) in [6, 6.07) is 4.90. The zero-order chi connectivity index (χ0) is 15.0. The maximum absolute atomic E-state index is 10.6. The fraction of sp³-hybridized carbons (Fsp3) is 0.462. The Labute approximate surface area is 128 Å². The highest BCUT2D eigenvalue weighted by Gasteiger charge is 2.07. The van der Waals surface area contributed by atoms with Crippen molar-refractivity contribution in [3.8, 4) is 5.75 Å². The average Bonchev–Trinajstić information content (AvgIpc) is 2.39. The molecule has 5 nitrogen and oxygen atoms in total. The van der Waals surface area contributed by atoms with Crippen molar-refractivity contribution in [1.29, 1.82) is 0 Å². The first kappa shape index (κ1) is 17.0. The molecule has 0 saturated carbocycles. The molecule has 0 heterocycles. The minimum absolute atomic E-state index is 0.0775. The molecule has 1 atom stereocenters. The summed E-state index contributed by atoms with van der Waals surface area (Å²) >= 11 is 11.8. The largest absolute Gasteiger partial charge is 0.489 e. The van der Waals surface area contributed by atoms with Gasteiger partial charge in [-0.3, -0.25) is 4.79 Å². The van der Waals surface area contributed by atoms with Gasteiger partial charge in [0.1, 0.15) is 18.5 Å². The van der Waals surface area contributed by atoms with Gasteiger partial charge in [-0.1, -0.05) is 23.2 Å². The lowest BCUT2D eigenvalue weighted by Crippen LogP contribution is -2.36. The highest BCUT2D eigenvalue weighted by Crippen LogP contribution is 2.27. The van der Waals surface area contributed by atoms with Gasteiger partial charge in [-0.25, -0.2) is 0 Å². The smallest absolute Gasteiger partial charge is 0.216 e. The number of rotatable bonds is 8. The predicted octanol–water partition coefficient (Wildman–Crippen LogP) is 1.46. The normalized spacial score (nSPS) is 12.0. The molecule has 1 unspecified atom stereocenters. The summed E-state index contributed by atoms with van der Waals surface area (Å²) in [7, 11) is 0. The Morgan fingerprint density at radius 3 is 2.85 bits per heavy atom. The molecule has 0 aliphatic rings. The first-order valence-electron chi connectivity index (χ1n) is 6.20. The van der Waals surface area contributed by atoms with Crippen LogP contribution in [0.25, 0.3) is 0 Å². The number of aliphatic hydroxyl groups is 1. The van der Waals surface area contributed by atoms with Gasteiger partial charge in [0, 0.05) is 37.6 Å². The summed E-state index contributed by atoms with van der Waals surface area (Å²) in [6.45, 7) is 3.01. The van der Waals surface area contributed by atoms with E-state index in [-0.39, 0.29) is 12.5 Å². The quantitative estimate of drug-likeness (QED) is 0.634. The molecule has 0 aliphatic carbocycles. The van der Waals surface area contributed by atoms with Crippen LogP contribution in [0.3, 0.4) is 0 Å².